The lowest BCUT2D eigenvalue weighted by molar-refractivity contribution is -0.135. The number of amides is 1. The molecule has 2 heteroatoms. The van der Waals surface area contributed by atoms with Crippen molar-refractivity contribution in [1.82, 2.24) is 4.90 Å². The summed E-state index contributed by atoms with van der Waals surface area (Å²) < 4.78 is 0. The normalized spacial score (nSPS) is 25.6. The van der Waals surface area contributed by atoms with E-state index in [4.69, 9.17) is 0 Å². The molecule has 2 aliphatic carbocycles. The van der Waals surface area contributed by atoms with Crippen LogP contribution < -0.4 is 0 Å². The van der Waals surface area contributed by atoms with Crippen LogP contribution >= 0.6 is 0 Å². The fourth-order valence-electron chi connectivity index (χ4n) is 3.46. The third-order valence-electron chi connectivity index (χ3n) is 4.96. The third-order valence-corrected chi connectivity index (χ3v) is 4.96. The maximum atomic E-state index is 12.7. The molecule has 0 radical (unpaired) electrons. The zero-order valence-corrected chi connectivity index (χ0v) is 12.4. The van der Waals surface area contributed by atoms with Crippen molar-refractivity contribution >= 4 is 5.91 Å². The van der Waals surface area contributed by atoms with Crippen molar-refractivity contribution in [3.05, 3.63) is 35.9 Å². The summed E-state index contributed by atoms with van der Waals surface area (Å²) >= 11 is 0. The maximum absolute atomic E-state index is 12.7. The average Bonchev–Trinajstić information content (AvgIpc) is 2.98. The van der Waals surface area contributed by atoms with E-state index in [0.29, 0.717) is 23.8 Å². The first-order valence-electron chi connectivity index (χ1n) is 8.10. The van der Waals surface area contributed by atoms with E-state index in [1.165, 1.54) is 31.2 Å². The molecule has 2 saturated carbocycles. The third kappa shape index (κ3) is 3.05. The molecule has 2 nitrogen and oxygen atoms in total. The quantitative estimate of drug-likeness (QED) is 0.800. The molecule has 0 bridgehead atoms. The summed E-state index contributed by atoms with van der Waals surface area (Å²) in [5.41, 5.74) is 1.34. The summed E-state index contributed by atoms with van der Waals surface area (Å²) in [6.07, 6.45) is 7.10. The molecule has 0 N–H and O–H groups in total. The second-order valence-electron chi connectivity index (χ2n) is 6.52. The number of hydrogen-bond donors (Lipinski definition) is 0. The Morgan fingerprint density at radius 2 is 1.85 bits per heavy atom. The van der Waals surface area contributed by atoms with Gasteiger partial charge in [-0.2, -0.15) is 0 Å². The molecule has 2 unspecified atom stereocenters. The van der Waals surface area contributed by atoms with Crippen LogP contribution in [0.2, 0.25) is 0 Å². The Hall–Kier alpha value is -1.31. The van der Waals surface area contributed by atoms with Gasteiger partial charge in [0.1, 0.15) is 0 Å². The van der Waals surface area contributed by atoms with Gasteiger partial charge in [-0.15, -0.1) is 0 Å². The van der Waals surface area contributed by atoms with Crippen LogP contribution in [0.5, 0.6) is 0 Å². The van der Waals surface area contributed by atoms with Crippen LogP contribution in [0, 0.1) is 11.8 Å². The molecular weight excluding hydrogens is 246 g/mol. The van der Waals surface area contributed by atoms with Crippen molar-refractivity contribution in [2.75, 3.05) is 6.54 Å². The van der Waals surface area contributed by atoms with Gasteiger partial charge >= 0.3 is 0 Å². The van der Waals surface area contributed by atoms with Crippen LogP contribution in [0.3, 0.4) is 0 Å². The molecule has 1 amide bonds. The number of nitrogens with zero attached hydrogens (tertiary/aromatic N) is 1. The molecule has 0 saturated heterocycles. The van der Waals surface area contributed by atoms with Gasteiger partial charge in [0.05, 0.1) is 0 Å². The summed E-state index contributed by atoms with van der Waals surface area (Å²) in [4.78, 5) is 14.9. The Bertz CT molecular complexity index is 450. The van der Waals surface area contributed by atoms with Gasteiger partial charge in [-0.1, -0.05) is 50.1 Å². The van der Waals surface area contributed by atoms with Gasteiger partial charge in [-0.25, -0.2) is 0 Å². The van der Waals surface area contributed by atoms with Crippen LogP contribution in [0.1, 0.15) is 44.6 Å². The second kappa shape index (κ2) is 5.99. The van der Waals surface area contributed by atoms with E-state index in [0.717, 1.165) is 19.4 Å². The number of hydrogen-bond acceptors (Lipinski definition) is 1. The van der Waals surface area contributed by atoms with E-state index in [9.17, 15) is 4.79 Å². The average molecular weight is 271 g/mol. The smallest absolute Gasteiger partial charge is 0.226 e. The van der Waals surface area contributed by atoms with Gasteiger partial charge in [0.15, 0.2) is 0 Å². The molecule has 0 spiro atoms. The van der Waals surface area contributed by atoms with Crippen LogP contribution in [-0.2, 0) is 11.2 Å². The van der Waals surface area contributed by atoms with Crippen LogP contribution in [0.15, 0.2) is 30.3 Å². The van der Waals surface area contributed by atoms with Crippen LogP contribution in [0.4, 0.5) is 0 Å². The molecule has 2 atom stereocenters. The van der Waals surface area contributed by atoms with Crippen molar-refractivity contribution in [3.63, 3.8) is 0 Å². The zero-order chi connectivity index (χ0) is 13.9. The van der Waals surface area contributed by atoms with Crippen LogP contribution in [-0.4, -0.2) is 23.4 Å². The number of carbonyl (C=O) groups excluding carboxylic acids is 1. The van der Waals surface area contributed by atoms with Crippen molar-refractivity contribution in [3.8, 4) is 0 Å². The van der Waals surface area contributed by atoms with Crippen LogP contribution in [0.25, 0.3) is 0 Å². The predicted octanol–water partition coefficient (Wildman–Crippen LogP) is 3.66. The predicted molar refractivity (Wildman–Crippen MR) is 81.4 cm³/mol. The highest BCUT2D eigenvalue weighted by molar-refractivity contribution is 5.82. The van der Waals surface area contributed by atoms with E-state index in [-0.39, 0.29) is 0 Å². The molecule has 1 aromatic rings. The number of carbonyl (C=O) groups is 1. The van der Waals surface area contributed by atoms with Crippen molar-refractivity contribution < 1.29 is 4.79 Å². The van der Waals surface area contributed by atoms with Gasteiger partial charge in [0, 0.05) is 18.5 Å². The molecule has 0 aromatic heterocycles. The van der Waals surface area contributed by atoms with E-state index in [2.05, 4.69) is 42.2 Å². The monoisotopic (exact) mass is 271 g/mol. The largest absolute Gasteiger partial charge is 0.339 e. The van der Waals surface area contributed by atoms with Gasteiger partial charge in [-0.3, -0.25) is 4.79 Å². The van der Waals surface area contributed by atoms with Crippen molar-refractivity contribution in [2.45, 2.75) is 51.5 Å². The van der Waals surface area contributed by atoms with Crippen molar-refractivity contribution in [1.29, 1.82) is 0 Å². The summed E-state index contributed by atoms with van der Waals surface area (Å²) in [6.45, 7) is 3.10. The Labute approximate surface area is 122 Å². The Kier molecular flexibility index (Phi) is 4.09. The highest BCUT2D eigenvalue weighted by Gasteiger charge is 2.43. The standard InChI is InChI=1S/C18H25NO/c1-14-13-17(14)18(20)19(16-9-5-6-10-16)12-11-15-7-3-2-4-8-15/h2-4,7-8,14,16-17H,5-6,9-13H2,1H3. The highest BCUT2D eigenvalue weighted by atomic mass is 16.2. The maximum Gasteiger partial charge on any atom is 0.226 e. The lowest BCUT2D eigenvalue weighted by Crippen LogP contribution is -2.41. The first-order chi connectivity index (χ1) is 9.75. The molecule has 2 aliphatic rings. The van der Waals surface area contributed by atoms with Gasteiger partial charge in [-0.05, 0) is 37.2 Å². The Morgan fingerprint density at radius 1 is 1.20 bits per heavy atom. The molecular formula is C18H25NO. The molecule has 1 aromatic carbocycles. The molecule has 2 fully saturated rings. The first kappa shape index (κ1) is 13.7. The lowest BCUT2D eigenvalue weighted by atomic mass is 10.1. The lowest BCUT2D eigenvalue weighted by Gasteiger charge is -2.29. The van der Waals surface area contributed by atoms with Gasteiger partial charge in [0.25, 0.3) is 0 Å². The van der Waals surface area contributed by atoms with Gasteiger partial charge < -0.3 is 4.90 Å². The minimum Gasteiger partial charge on any atom is -0.339 e. The fourth-order valence-corrected chi connectivity index (χ4v) is 3.46. The topological polar surface area (TPSA) is 20.3 Å². The summed E-state index contributed by atoms with van der Waals surface area (Å²) in [5, 5.41) is 0. The Balaban J connectivity index is 1.64. The van der Waals surface area contributed by atoms with Gasteiger partial charge in [0.2, 0.25) is 5.91 Å². The summed E-state index contributed by atoms with van der Waals surface area (Å²) in [6, 6.07) is 11.1. The van der Waals surface area contributed by atoms with E-state index in [1.54, 1.807) is 0 Å². The SMILES string of the molecule is CC1CC1C(=O)N(CCc1ccccc1)C1CCCC1. The fraction of sp³-hybridized carbons (Fsp3) is 0.611. The molecule has 3 rings (SSSR count). The Morgan fingerprint density at radius 3 is 2.45 bits per heavy atom. The van der Waals surface area contributed by atoms with E-state index in [1.807, 2.05) is 0 Å². The number of rotatable bonds is 5. The minimum absolute atomic E-state index is 0.325. The van der Waals surface area contributed by atoms with E-state index >= 15 is 0 Å². The highest BCUT2D eigenvalue weighted by Crippen LogP contribution is 2.40. The zero-order valence-electron chi connectivity index (χ0n) is 12.4. The van der Waals surface area contributed by atoms with E-state index < -0.39 is 0 Å². The molecule has 108 valence electrons. The molecule has 0 heterocycles. The molecule has 0 aliphatic heterocycles. The molecule has 20 heavy (non-hydrogen) atoms. The van der Waals surface area contributed by atoms with Crippen molar-refractivity contribution in [2.24, 2.45) is 11.8 Å². The minimum atomic E-state index is 0.325. The summed E-state index contributed by atoms with van der Waals surface area (Å²) in [7, 11) is 0. The first-order valence-corrected chi connectivity index (χ1v) is 8.10. The number of benzene rings is 1. The second-order valence-corrected chi connectivity index (χ2v) is 6.52. The summed E-state index contributed by atoms with van der Waals surface area (Å²) in [5.74, 6) is 1.37.